The van der Waals surface area contributed by atoms with Crippen LogP contribution in [0.2, 0.25) is 5.02 Å². The van der Waals surface area contributed by atoms with Crippen molar-refractivity contribution in [3.8, 4) is 0 Å². The number of hydrogen-bond acceptors (Lipinski definition) is 4. The molecular weight excluding hydrogens is 324 g/mol. The third kappa shape index (κ3) is 4.00. The van der Waals surface area contributed by atoms with Crippen molar-refractivity contribution in [1.82, 2.24) is 16.3 Å². The lowest BCUT2D eigenvalue weighted by atomic mass is 10.0. The zero-order chi connectivity index (χ0) is 16.9. The molecule has 3 rings (SSSR count). The van der Waals surface area contributed by atoms with E-state index < -0.39 is 0 Å². The Morgan fingerprint density at radius 2 is 1.96 bits per heavy atom. The Labute approximate surface area is 146 Å². The van der Waals surface area contributed by atoms with Crippen molar-refractivity contribution in [3.05, 3.63) is 70.2 Å². The van der Waals surface area contributed by atoms with Gasteiger partial charge in [0.05, 0.1) is 6.21 Å². The summed E-state index contributed by atoms with van der Waals surface area (Å²) in [5.41, 5.74) is 11.8. The predicted molar refractivity (Wildman–Crippen MR) is 95.8 cm³/mol. The highest BCUT2D eigenvalue weighted by molar-refractivity contribution is 6.31. The Morgan fingerprint density at radius 1 is 1.21 bits per heavy atom. The molecule has 0 aromatic heterocycles. The van der Waals surface area contributed by atoms with E-state index in [0.717, 1.165) is 11.1 Å². The van der Waals surface area contributed by atoms with Gasteiger partial charge in [-0.25, -0.2) is 16.3 Å². The Bertz CT molecular complexity index is 745. The van der Waals surface area contributed by atoms with E-state index in [1.165, 1.54) is 5.56 Å². The van der Waals surface area contributed by atoms with Gasteiger partial charge in [-0.1, -0.05) is 59.6 Å². The third-order valence-electron chi connectivity index (χ3n) is 3.97. The molecule has 0 spiro atoms. The van der Waals surface area contributed by atoms with Gasteiger partial charge in [-0.2, -0.15) is 5.10 Å². The fraction of sp³-hybridized carbons (Fsp3) is 0.222. The number of amides is 1. The number of hydrazone groups is 1. The van der Waals surface area contributed by atoms with Crippen molar-refractivity contribution >= 4 is 23.7 Å². The molecule has 3 N–H and O–H groups in total. The van der Waals surface area contributed by atoms with Crippen molar-refractivity contribution in [2.45, 2.75) is 25.4 Å². The van der Waals surface area contributed by atoms with Crippen molar-refractivity contribution < 1.29 is 4.79 Å². The maximum atomic E-state index is 12.2. The van der Waals surface area contributed by atoms with Crippen LogP contribution in [0.4, 0.5) is 0 Å². The molecule has 1 aliphatic heterocycles. The van der Waals surface area contributed by atoms with Crippen LogP contribution in [0.25, 0.3) is 0 Å². The molecule has 5 nitrogen and oxygen atoms in total. The molecule has 2 aromatic rings. The second-order valence-electron chi connectivity index (χ2n) is 5.80. The van der Waals surface area contributed by atoms with Crippen LogP contribution in [0.15, 0.2) is 53.6 Å². The maximum Gasteiger partial charge on any atom is 0.258 e. The lowest BCUT2D eigenvalue weighted by Crippen LogP contribution is -2.41. The van der Waals surface area contributed by atoms with Crippen LogP contribution in [0.5, 0.6) is 0 Å². The quantitative estimate of drug-likeness (QED) is 0.591. The van der Waals surface area contributed by atoms with Crippen LogP contribution in [0, 0.1) is 6.92 Å². The van der Waals surface area contributed by atoms with Crippen LogP contribution in [0.1, 0.15) is 29.2 Å². The van der Waals surface area contributed by atoms with Crippen molar-refractivity contribution in [2.75, 3.05) is 0 Å². The molecule has 0 radical (unpaired) electrons. The molecule has 1 amide bonds. The zero-order valence-corrected chi connectivity index (χ0v) is 14.0. The van der Waals surface area contributed by atoms with Gasteiger partial charge in [0.1, 0.15) is 6.04 Å². The number of halogens is 1. The van der Waals surface area contributed by atoms with Gasteiger partial charge in [-0.15, -0.1) is 0 Å². The molecule has 1 saturated heterocycles. The average Bonchev–Trinajstić information content (AvgIpc) is 3.07. The molecule has 2 aromatic carbocycles. The third-order valence-corrected chi connectivity index (χ3v) is 4.31. The van der Waals surface area contributed by atoms with Crippen LogP contribution in [-0.4, -0.2) is 18.2 Å². The molecule has 0 saturated carbocycles. The summed E-state index contributed by atoms with van der Waals surface area (Å²) >= 11 is 6.20. The van der Waals surface area contributed by atoms with E-state index >= 15 is 0 Å². The molecule has 2 atom stereocenters. The highest BCUT2D eigenvalue weighted by atomic mass is 35.5. The van der Waals surface area contributed by atoms with Crippen LogP contribution in [-0.2, 0) is 4.79 Å². The standard InChI is InChI=1S/C18H19ClN4O/c1-12-6-8-13(9-7-12)11-20-23-18(24)17-10-16(21-22-17)14-4-2-3-5-15(14)19/h2-9,11,16-17,21-22H,10H2,1H3,(H,23,24)/b20-11+. The Kier molecular flexibility index (Phi) is 5.25. The minimum atomic E-state index is -0.360. The fourth-order valence-electron chi connectivity index (χ4n) is 2.59. The number of benzene rings is 2. The van der Waals surface area contributed by atoms with Gasteiger partial charge in [0.2, 0.25) is 0 Å². The topological polar surface area (TPSA) is 65.5 Å². The summed E-state index contributed by atoms with van der Waals surface area (Å²) in [5, 5.41) is 4.70. The average molecular weight is 343 g/mol. The number of hydrazine groups is 1. The van der Waals surface area contributed by atoms with Crippen LogP contribution < -0.4 is 16.3 Å². The lowest BCUT2D eigenvalue weighted by Gasteiger charge is -2.11. The van der Waals surface area contributed by atoms with Gasteiger partial charge in [0.25, 0.3) is 5.91 Å². The summed E-state index contributed by atoms with van der Waals surface area (Å²) in [4.78, 5) is 12.2. The second-order valence-corrected chi connectivity index (χ2v) is 6.20. The Hall–Kier alpha value is -2.21. The fourth-order valence-corrected chi connectivity index (χ4v) is 2.86. The minimum absolute atomic E-state index is 0.00414. The second kappa shape index (κ2) is 7.57. The minimum Gasteiger partial charge on any atom is -0.271 e. The molecule has 124 valence electrons. The lowest BCUT2D eigenvalue weighted by molar-refractivity contribution is -0.122. The molecule has 1 aliphatic rings. The SMILES string of the molecule is Cc1ccc(/C=N/NC(=O)C2CC(c3ccccc3Cl)NN2)cc1. The first kappa shape index (κ1) is 16.6. The number of aryl methyl sites for hydroxylation is 1. The first-order valence-electron chi connectivity index (χ1n) is 7.78. The summed E-state index contributed by atoms with van der Waals surface area (Å²) in [6.45, 7) is 2.02. The van der Waals surface area contributed by atoms with Crippen molar-refractivity contribution in [2.24, 2.45) is 5.10 Å². The smallest absolute Gasteiger partial charge is 0.258 e. The molecular formula is C18H19ClN4O. The summed E-state index contributed by atoms with van der Waals surface area (Å²) in [6.07, 6.45) is 2.24. The summed E-state index contributed by atoms with van der Waals surface area (Å²) < 4.78 is 0. The van der Waals surface area contributed by atoms with E-state index in [1.807, 2.05) is 55.5 Å². The summed E-state index contributed by atoms with van der Waals surface area (Å²) in [5.74, 6) is -0.180. The van der Waals surface area contributed by atoms with E-state index in [4.69, 9.17) is 11.6 Å². The number of hydrogen-bond donors (Lipinski definition) is 3. The number of carbonyl (C=O) groups excluding carboxylic acids is 1. The summed E-state index contributed by atoms with van der Waals surface area (Å²) in [6, 6.07) is 15.2. The molecule has 0 bridgehead atoms. The van der Waals surface area contributed by atoms with Gasteiger partial charge in [-0.05, 0) is 30.5 Å². The largest absolute Gasteiger partial charge is 0.271 e. The first-order chi connectivity index (χ1) is 11.6. The van der Waals surface area contributed by atoms with E-state index in [-0.39, 0.29) is 18.0 Å². The van der Waals surface area contributed by atoms with Gasteiger partial charge >= 0.3 is 0 Å². The number of carbonyl (C=O) groups is 1. The van der Waals surface area contributed by atoms with Gasteiger partial charge in [-0.3, -0.25) is 4.79 Å². The van der Waals surface area contributed by atoms with Crippen LogP contribution in [0.3, 0.4) is 0 Å². The highest BCUT2D eigenvalue weighted by Gasteiger charge is 2.30. The first-order valence-corrected chi connectivity index (χ1v) is 8.16. The van der Waals surface area contributed by atoms with Crippen molar-refractivity contribution in [1.29, 1.82) is 0 Å². The van der Waals surface area contributed by atoms with E-state index in [9.17, 15) is 4.79 Å². The van der Waals surface area contributed by atoms with Crippen LogP contribution >= 0.6 is 11.6 Å². The number of nitrogens with zero attached hydrogens (tertiary/aromatic N) is 1. The zero-order valence-electron chi connectivity index (χ0n) is 13.3. The number of nitrogens with one attached hydrogen (secondary N) is 3. The van der Waals surface area contributed by atoms with E-state index in [1.54, 1.807) is 6.21 Å². The maximum absolute atomic E-state index is 12.2. The normalized spacial score (nSPS) is 20.4. The van der Waals surface area contributed by atoms with Gasteiger partial charge in [0.15, 0.2) is 0 Å². The van der Waals surface area contributed by atoms with Gasteiger partial charge in [0, 0.05) is 11.1 Å². The Morgan fingerprint density at radius 3 is 2.71 bits per heavy atom. The highest BCUT2D eigenvalue weighted by Crippen LogP contribution is 2.28. The molecule has 1 heterocycles. The molecule has 2 unspecified atom stereocenters. The molecule has 0 aliphatic carbocycles. The summed E-state index contributed by atoms with van der Waals surface area (Å²) in [7, 11) is 0. The van der Waals surface area contributed by atoms with Crippen molar-refractivity contribution in [3.63, 3.8) is 0 Å². The molecule has 1 fully saturated rings. The number of rotatable bonds is 4. The molecule has 24 heavy (non-hydrogen) atoms. The Balaban J connectivity index is 1.55. The van der Waals surface area contributed by atoms with E-state index in [2.05, 4.69) is 21.4 Å². The predicted octanol–water partition coefficient (Wildman–Crippen LogP) is 2.71. The monoisotopic (exact) mass is 342 g/mol. The van der Waals surface area contributed by atoms with E-state index in [0.29, 0.717) is 11.4 Å². The van der Waals surface area contributed by atoms with Gasteiger partial charge < -0.3 is 0 Å². The molecule has 6 heteroatoms.